The third-order valence-corrected chi connectivity index (χ3v) is 12.3. The van der Waals surface area contributed by atoms with Crippen LogP contribution in [-0.2, 0) is 28.6 Å². The summed E-state index contributed by atoms with van der Waals surface area (Å²) in [6.07, 6.45) is 37.8. The highest BCUT2D eigenvalue weighted by molar-refractivity contribution is 5.69. The summed E-state index contributed by atoms with van der Waals surface area (Å²) in [5.74, 6) is 2.76. The molecule has 0 aliphatic carbocycles. The van der Waals surface area contributed by atoms with Crippen LogP contribution in [0.1, 0.15) is 241 Å². The molecule has 0 spiro atoms. The lowest BCUT2D eigenvalue weighted by atomic mass is 9.89. The number of ether oxygens (including phenoxy) is 3. The molecule has 1 rings (SSSR count). The summed E-state index contributed by atoms with van der Waals surface area (Å²) >= 11 is 0. The van der Waals surface area contributed by atoms with Gasteiger partial charge in [0.05, 0.1) is 13.2 Å². The monoisotopic (exact) mass is 838 g/mol. The van der Waals surface area contributed by atoms with Gasteiger partial charge in [0.25, 0.3) is 6.47 Å². The highest BCUT2D eigenvalue weighted by Gasteiger charge is 2.17. The van der Waals surface area contributed by atoms with Crippen LogP contribution in [0.4, 0.5) is 0 Å². The summed E-state index contributed by atoms with van der Waals surface area (Å²) < 4.78 is 15.3. The summed E-state index contributed by atoms with van der Waals surface area (Å²) in [6, 6.07) is 0. The first-order chi connectivity index (χ1) is 28.7. The van der Waals surface area contributed by atoms with Gasteiger partial charge in [0.1, 0.15) is 6.29 Å². The number of carbonyl (C=O) groups excluding carboxylic acids is 3. The minimum absolute atomic E-state index is 0.0237. The number of hydrogen-bond donors (Lipinski definition) is 0. The Balaban J connectivity index is 0. The van der Waals surface area contributed by atoms with E-state index in [1.807, 2.05) is 0 Å². The lowest BCUT2D eigenvalue weighted by molar-refractivity contribution is -0.145. The Morgan fingerprint density at radius 2 is 1.10 bits per heavy atom. The molecule has 0 saturated carbocycles. The number of nitrogens with zero attached hydrogens (tertiary/aromatic N) is 1. The molecule has 2 atom stereocenters. The predicted octanol–water partition coefficient (Wildman–Crippen LogP) is 14.8. The predicted molar refractivity (Wildman–Crippen MR) is 253 cm³/mol. The summed E-state index contributed by atoms with van der Waals surface area (Å²) in [5.41, 5.74) is 0. The van der Waals surface area contributed by atoms with Crippen molar-refractivity contribution in [1.82, 2.24) is 4.90 Å². The van der Waals surface area contributed by atoms with E-state index in [4.69, 9.17) is 14.2 Å². The van der Waals surface area contributed by atoms with Crippen LogP contribution in [0.2, 0.25) is 0 Å². The Bertz CT molecular complexity index is 850. The second-order valence-electron chi connectivity index (χ2n) is 18.6. The van der Waals surface area contributed by atoms with E-state index in [1.54, 1.807) is 7.11 Å². The second kappa shape index (κ2) is 47.6. The Kier molecular flexibility index (Phi) is 48.1. The topological polar surface area (TPSA) is 82.1 Å². The fraction of sp³-hybridized carbons (Fsp3) is 0.942. The number of rotatable bonds is 40. The van der Waals surface area contributed by atoms with Crippen molar-refractivity contribution < 1.29 is 28.6 Å². The third-order valence-electron chi connectivity index (χ3n) is 12.3. The lowest BCUT2D eigenvalue weighted by Crippen LogP contribution is -2.21. The Labute approximate surface area is 368 Å². The second-order valence-corrected chi connectivity index (χ2v) is 18.6. The standard InChI is InChI=1S/C30H58O3.C14H28O2.C8H17NO/c1-6-7-8-9-10-13-16-19-28(24-31)20-17-14-11-12-15-18-21-30(32)33-25-29(27(4)5)23-22-26(2)3;1-3-5-7-9-14(10-8-6-4-2)11-12-16-13-15;1-10-8-4-7-9-5-2-3-6-9/h24,26-29H,6-23,25H2,1-5H3;13-14H,3-12H2,1-2H3;2-8H2,1H3. The van der Waals surface area contributed by atoms with Crippen molar-refractivity contribution in [3.05, 3.63) is 0 Å². The first-order valence-electron chi connectivity index (χ1n) is 25.6. The van der Waals surface area contributed by atoms with E-state index in [-0.39, 0.29) is 11.9 Å². The minimum Gasteiger partial charge on any atom is -0.468 e. The molecule has 1 aliphatic rings. The van der Waals surface area contributed by atoms with Gasteiger partial charge in [-0.2, -0.15) is 0 Å². The van der Waals surface area contributed by atoms with E-state index in [2.05, 4.69) is 53.4 Å². The average Bonchev–Trinajstić information content (AvgIpc) is 3.75. The van der Waals surface area contributed by atoms with Crippen molar-refractivity contribution in [3.8, 4) is 0 Å². The van der Waals surface area contributed by atoms with Gasteiger partial charge in [0, 0.05) is 32.6 Å². The van der Waals surface area contributed by atoms with Crippen molar-refractivity contribution in [1.29, 1.82) is 0 Å². The molecular formula is C52H103NO6. The normalized spacial score (nSPS) is 13.8. The van der Waals surface area contributed by atoms with Crippen molar-refractivity contribution in [2.24, 2.45) is 29.6 Å². The van der Waals surface area contributed by atoms with E-state index in [0.717, 1.165) is 57.5 Å². The number of unbranched alkanes of at least 4 members (excludes halogenated alkanes) is 15. The highest BCUT2D eigenvalue weighted by Crippen LogP contribution is 2.23. The van der Waals surface area contributed by atoms with Gasteiger partial charge in [0.15, 0.2) is 0 Å². The van der Waals surface area contributed by atoms with Gasteiger partial charge in [-0.15, -0.1) is 0 Å². The Morgan fingerprint density at radius 3 is 1.59 bits per heavy atom. The molecule has 2 unspecified atom stereocenters. The molecule has 59 heavy (non-hydrogen) atoms. The van der Waals surface area contributed by atoms with Gasteiger partial charge in [-0.05, 0) is 88.1 Å². The number of methoxy groups -OCH3 is 1. The minimum atomic E-state index is -0.0237. The van der Waals surface area contributed by atoms with Gasteiger partial charge in [-0.25, -0.2) is 0 Å². The summed E-state index contributed by atoms with van der Waals surface area (Å²) in [5, 5.41) is 0. The molecule has 0 amide bonds. The van der Waals surface area contributed by atoms with Gasteiger partial charge in [-0.3, -0.25) is 9.59 Å². The van der Waals surface area contributed by atoms with Crippen LogP contribution >= 0.6 is 0 Å². The molecule has 352 valence electrons. The maximum Gasteiger partial charge on any atom is 0.305 e. The van der Waals surface area contributed by atoms with Crippen LogP contribution in [0, 0.1) is 29.6 Å². The molecule has 1 saturated heterocycles. The van der Waals surface area contributed by atoms with Crippen LogP contribution in [0.3, 0.4) is 0 Å². The molecular weight excluding hydrogens is 735 g/mol. The molecule has 1 heterocycles. The maximum atomic E-state index is 12.1. The zero-order valence-corrected chi connectivity index (χ0v) is 40.9. The number of carbonyl (C=O) groups is 3. The molecule has 7 nitrogen and oxygen atoms in total. The first kappa shape index (κ1) is 59.6. The van der Waals surface area contributed by atoms with Crippen molar-refractivity contribution in [2.45, 2.75) is 241 Å². The Hall–Kier alpha value is -1.47. The molecule has 0 aromatic heterocycles. The van der Waals surface area contributed by atoms with E-state index in [0.29, 0.717) is 43.9 Å². The highest BCUT2D eigenvalue weighted by atomic mass is 16.5. The lowest BCUT2D eigenvalue weighted by Gasteiger charge is -2.21. The summed E-state index contributed by atoms with van der Waals surface area (Å²) in [4.78, 5) is 36.0. The Morgan fingerprint density at radius 1 is 0.593 bits per heavy atom. The van der Waals surface area contributed by atoms with Gasteiger partial charge in [0.2, 0.25) is 0 Å². The average molecular weight is 838 g/mol. The van der Waals surface area contributed by atoms with E-state index in [1.165, 1.54) is 167 Å². The van der Waals surface area contributed by atoms with Gasteiger partial charge < -0.3 is 23.9 Å². The number of aldehydes is 1. The molecule has 1 aliphatic heterocycles. The quantitative estimate of drug-likeness (QED) is 0.0345. The molecule has 1 fully saturated rings. The first-order valence-corrected chi connectivity index (χ1v) is 25.6. The van der Waals surface area contributed by atoms with E-state index >= 15 is 0 Å². The van der Waals surface area contributed by atoms with Crippen LogP contribution in [0.15, 0.2) is 0 Å². The van der Waals surface area contributed by atoms with Gasteiger partial charge >= 0.3 is 5.97 Å². The zero-order valence-electron chi connectivity index (χ0n) is 40.9. The van der Waals surface area contributed by atoms with Crippen LogP contribution in [0.25, 0.3) is 0 Å². The largest absolute Gasteiger partial charge is 0.468 e. The molecule has 7 heteroatoms. The fourth-order valence-electron chi connectivity index (χ4n) is 7.98. The van der Waals surface area contributed by atoms with Crippen molar-refractivity contribution in [3.63, 3.8) is 0 Å². The maximum absolute atomic E-state index is 12.1. The third kappa shape index (κ3) is 44.4. The fourth-order valence-corrected chi connectivity index (χ4v) is 7.98. The smallest absolute Gasteiger partial charge is 0.305 e. The number of esters is 1. The molecule has 0 aromatic carbocycles. The van der Waals surface area contributed by atoms with Crippen LogP contribution in [0.5, 0.6) is 0 Å². The van der Waals surface area contributed by atoms with E-state index in [9.17, 15) is 14.4 Å². The molecule has 0 aromatic rings. The van der Waals surface area contributed by atoms with Gasteiger partial charge in [-0.1, -0.05) is 183 Å². The zero-order chi connectivity index (χ0) is 44.0. The molecule has 0 N–H and O–H groups in total. The van der Waals surface area contributed by atoms with Crippen molar-refractivity contribution >= 4 is 18.7 Å². The molecule has 0 bridgehead atoms. The SMILES string of the molecule is CCCCCC(CCCCC)CCOC=O.CCCCCCCCCC(C=O)CCCCCCCCC(=O)OCC(CCC(C)C)C(C)C.COCCCN1CCCC1. The number of hydrogen-bond acceptors (Lipinski definition) is 7. The molecule has 0 radical (unpaired) electrons. The summed E-state index contributed by atoms with van der Waals surface area (Å²) in [6.45, 7) is 22.2. The van der Waals surface area contributed by atoms with Crippen LogP contribution < -0.4 is 0 Å². The summed E-state index contributed by atoms with van der Waals surface area (Å²) in [7, 11) is 1.77. The van der Waals surface area contributed by atoms with E-state index < -0.39 is 0 Å². The van der Waals surface area contributed by atoms with Crippen molar-refractivity contribution in [2.75, 3.05) is 46.6 Å². The van der Waals surface area contributed by atoms with Crippen LogP contribution in [-0.4, -0.2) is 70.2 Å². The number of likely N-dealkylation sites (tertiary alicyclic amines) is 1.